The Morgan fingerprint density at radius 1 is 1.00 bits per heavy atom. The van der Waals surface area contributed by atoms with Crippen molar-refractivity contribution in [3.05, 3.63) is 29.3 Å². The van der Waals surface area contributed by atoms with Gasteiger partial charge in [-0.1, -0.05) is 0 Å². The molecule has 0 fully saturated rings. The van der Waals surface area contributed by atoms with Crippen molar-refractivity contribution in [2.24, 2.45) is 0 Å². The molecule has 0 unspecified atom stereocenters. The van der Waals surface area contributed by atoms with E-state index in [1.54, 1.807) is 0 Å². The van der Waals surface area contributed by atoms with Crippen LogP contribution in [0.2, 0.25) is 0 Å². The zero-order valence-electron chi connectivity index (χ0n) is 8.39. The van der Waals surface area contributed by atoms with Gasteiger partial charge < -0.3 is 15.3 Å². The van der Waals surface area contributed by atoms with E-state index in [-0.39, 0.29) is 64.7 Å². The van der Waals surface area contributed by atoms with Crippen LogP contribution < -0.4 is 0 Å². The molecule has 2 radical (unpaired) electrons. The normalized spacial score (nSPS) is 8.27. The van der Waals surface area contributed by atoms with Gasteiger partial charge in [0.05, 0.1) is 5.56 Å². The molecule has 0 atom stereocenters. The summed E-state index contributed by atoms with van der Waals surface area (Å²) in [5.74, 6) is -3.04. The Bertz CT molecular complexity index is 377. The van der Waals surface area contributed by atoms with Crippen LogP contribution in [-0.4, -0.2) is 86.4 Å². The summed E-state index contributed by atoms with van der Waals surface area (Å²) < 4.78 is 0. The maximum absolute atomic E-state index is 10.4. The summed E-state index contributed by atoms with van der Waals surface area (Å²) in [6, 6.07) is 3.07. The third kappa shape index (κ3) is 4.55. The summed E-state index contributed by atoms with van der Waals surface area (Å²) in [6.45, 7) is 0. The van der Waals surface area contributed by atoms with E-state index in [0.29, 0.717) is 0 Å². The SMILES string of the molecule is O=C(O)c1ccc(O)c(C(=O)O)c1.[Na].[Na]. The summed E-state index contributed by atoms with van der Waals surface area (Å²) in [6.07, 6.45) is 0. The fourth-order valence-corrected chi connectivity index (χ4v) is 0.840. The number of hydrogen-bond acceptors (Lipinski definition) is 3. The monoisotopic (exact) mass is 228 g/mol. The summed E-state index contributed by atoms with van der Waals surface area (Å²) >= 11 is 0. The van der Waals surface area contributed by atoms with E-state index in [1.807, 2.05) is 0 Å². The Hall–Kier alpha value is -0.0400. The molecule has 3 N–H and O–H groups in total. The van der Waals surface area contributed by atoms with Gasteiger partial charge in [-0.2, -0.15) is 0 Å². The van der Waals surface area contributed by atoms with Crippen molar-refractivity contribution in [3.63, 3.8) is 0 Å². The molecule has 1 rings (SSSR count). The van der Waals surface area contributed by atoms with Crippen molar-refractivity contribution in [2.45, 2.75) is 0 Å². The van der Waals surface area contributed by atoms with Crippen molar-refractivity contribution in [1.29, 1.82) is 0 Å². The topological polar surface area (TPSA) is 94.8 Å². The molecule has 0 saturated heterocycles. The Balaban J connectivity index is 0. The summed E-state index contributed by atoms with van der Waals surface area (Å²) in [5.41, 5.74) is -0.588. The van der Waals surface area contributed by atoms with Gasteiger partial charge in [0.2, 0.25) is 0 Å². The number of carboxylic acid groups (broad SMARTS) is 2. The van der Waals surface area contributed by atoms with Gasteiger partial charge in [0, 0.05) is 59.1 Å². The van der Waals surface area contributed by atoms with Crippen LogP contribution >= 0.6 is 0 Å². The van der Waals surface area contributed by atoms with Gasteiger partial charge >= 0.3 is 11.9 Å². The molecule has 0 heterocycles. The Morgan fingerprint density at radius 3 is 1.93 bits per heavy atom. The molecule has 0 aliphatic carbocycles. The molecular formula is C8H6Na2O5. The molecule has 1 aromatic rings. The van der Waals surface area contributed by atoms with Crippen LogP contribution in [0.3, 0.4) is 0 Å². The third-order valence-corrected chi connectivity index (χ3v) is 1.47. The van der Waals surface area contributed by atoms with Gasteiger partial charge in [-0.3, -0.25) is 0 Å². The van der Waals surface area contributed by atoms with Crippen LogP contribution in [0.25, 0.3) is 0 Å². The molecule has 7 heteroatoms. The Labute approximate surface area is 130 Å². The summed E-state index contributed by atoms with van der Waals surface area (Å²) in [7, 11) is 0. The average Bonchev–Trinajstić information content (AvgIpc) is 2.04. The summed E-state index contributed by atoms with van der Waals surface area (Å²) in [5, 5.41) is 26.0. The zero-order valence-corrected chi connectivity index (χ0v) is 12.4. The number of carbonyl (C=O) groups is 2. The van der Waals surface area contributed by atoms with E-state index < -0.39 is 23.3 Å². The van der Waals surface area contributed by atoms with Crippen molar-refractivity contribution >= 4 is 71.1 Å². The molecule has 70 valence electrons. The van der Waals surface area contributed by atoms with Gasteiger partial charge in [-0.25, -0.2) is 9.59 Å². The third-order valence-electron chi connectivity index (χ3n) is 1.47. The number of aromatic carboxylic acids is 2. The molecule has 15 heavy (non-hydrogen) atoms. The van der Waals surface area contributed by atoms with Crippen molar-refractivity contribution < 1.29 is 24.9 Å². The first-order chi connectivity index (χ1) is 6.02. The minimum Gasteiger partial charge on any atom is -0.507 e. The van der Waals surface area contributed by atoms with Gasteiger partial charge in [-0.05, 0) is 18.2 Å². The van der Waals surface area contributed by atoms with E-state index in [1.165, 1.54) is 0 Å². The van der Waals surface area contributed by atoms with Gasteiger partial charge in [0.15, 0.2) is 0 Å². The first-order valence-electron chi connectivity index (χ1n) is 3.32. The van der Waals surface area contributed by atoms with E-state index in [4.69, 9.17) is 15.3 Å². The molecule has 0 amide bonds. The second-order valence-corrected chi connectivity index (χ2v) is 2.34. The minimum absolute atomic E-state index is 0. The van der Waals surface area contributed by atoms with E-state index in [2.05, 4.69) is 0 Å². The molecule has 1 aromatic carbocycles. The van der Waals surface area contributed by atoms with Crippen LogP contribution in [0.5, 0.6) is 5.75 Å². The Morgan fingerprint density at radius 2 is 1.53 bits per heavy atom. The second kappa shape index (κ2) is 7.27. The maximum Gasteiger partial charge on any atom is 0.339 e. The van der Waals surface area contributed by atoms with E-state index in [0.717, 1.165) is 18.2 Å². The number of aromatic hydroxyl groups is 1. The van der Waals surface area contributed by atoms with Crippen LogP contribution in [0.15, 0.2) is 18.2 Å². The molecule has 0 bridgehead atoms. The predicted molar refractivity (Wildman–Crippen MR) is 53.5 cm³/mol. The fraction of sp³-hybridized carbons (Fsp3) is 0. The smallest absolute Gasteiger partial charge is 0.339 e. The van der Waals surface area contributed by atoms with Crippen LogP contribution in [0.4, 0.5) is 0 Å². The van der Waals surface area contributed by atoms with E-state index in [9.17, 15) is 9.59 Å². The molecule has 0 saturated carbocycles. The first kappa shape index (κ1) is 17.4. The number of carboxylic acids is 2. The van der Waals surface area contributed by atoms with Gasteiger partial charge in [0.1, 0.15) is 11.3 Å². The zero-order chi connectivity index (χ0) is 10.0. The quantitative estimate of drug-likeness (QED) is 0.620. The van der Waals surface area contributed by atoms with Gasteiger partial charge in [0.25, 0.3) is 0 Å². The van der Waals surface area contributed by atoms with Crippen LogP contribution in [0.1, 0.15) is 20.7 Å². The van der Waals surface area contributed by atoms with Crippen LogP contribution in [-0.2, 0) is 0 Å². The Kier molecular flexibility index (Phi) is 8.41. The molecule has 0 aromatic heterocycles. The van der Waals surface area contributed by atoms with Crippen molar-refractivity contribution in [2.75, 3.05) is 0 Å². The first-order valence-corrected chi connectivity index (χ1v) is 3.32. The standard InChI is InChI=1S/C8H6O5.2Na/c9-6-2-1-4(7(10)11)3-5(6)8(12)13;;/h1-3,9H,(H,10,11)(H,12,13);;. The number of phenols is 1. The van der Waals surface area contributed by atoms with Crippen LogP contribution in [0, 0.1) is 0 Å². The summed E-state index contributed by atoms with van der Waals surface area (Å²) in [4.78, 5) is 20.9. The molecule has 0 aliphatic heterocycles. The second-order valence-electron chi connectivity index (χ2n) is 2.34. The fourth-order valence-electron chi connectivity index (χ4n) is 0.840. The number of hydrogen-bond donors (Lipinski definition) is 3. The number of rotatable bonds is 2. The molecule has 5 nitrogen and oxygen atoms in total. The van der Waals surface area contributed by atoms with Crippen molar-refractivity contribution in [1.82, 2.24) is 0 Å². The largest absolute Gasteiger partial charge is 0.507 e. The average molecular weight is 228 g/mol. The van der Waals surface area contributed by atoms with E-state index >= 15 is 0 Å². The minimum atomic E-state index is -1.36. The molecule has 0 spiro atoms. The maximum atomic E-state index is 10.4. The van der Waals surface area contributed by atoms with Crippen molar-refractivity contribution in [3.8, 4) is 5.75 Å². The predicted octanol–water partition coefficient (Wildman–Crippen LogP) is 0.0270. The molecule has 0 aliphatic rings. The number of benzene rings is 1. The molecular weight excluding hydrogens is 222 g/mol. The van der Waals surface area contributed by atoms with Gasteiger partial charge in [-0.15, -0.1) is 0 Å².